The van der Waals surface area contributed by atoms with Crippen LogP contribution < -0.4 is 4.90 Å². The van der Waals surface area contributed by atoms with E-state index in [2.05, 4.69) is 0 Å². The van der Waals surface area contributed by atoms with E-state index in [1.165, 1.54) is 19.1 Å². The van der Waals surface area contributed by atoms with Crippen LogP contribution >= 0.6 is 11.8 Å². The van der Waals surface area contributed by atoms with Crippen LogP contribution in [0.3, 0.4) is 0 Å². The van der Waals surface area contributed by atoms with Crippen LogP contribution in [0.1, 0.15) is 13.3 Å². The Kier molecular flexibility index (Phi) is 4.08. The van der Waals surface area contributed by atoms with E-state index in [9.17, 15) is 18.8 Å². The topological polar surface area (TPSA) is 74.7 Å². The van der Waals surface area contributed by atoms with Crippen molar-refractivity contribution in [1.82, 2.24) is 0 Å². The minimum absolute atomic E-state index is 0.0432. The molecule has 5 nitrogen and oxygen atoms in total. The fourth-order valence-corrected chi connectivity index (χ4v) is 2.95. The summed E-state index contributed by atoms with van der Waals surface area (Å²) in [5.74, 6) is -2.36. The molecule has 1 aromatic rings. The monoisotopic (exact) mass is 297 g/mol. The first kappa shape index (κ1) is 14.5. The SMILES string of the molecule is CC(SC1CC(=O)N(c2ccc(F)cc2)C1=O)C(=O)O. The highest BCUT2D eigenvalue weighted by Gasteiger charge is 2.41. The Balaban J connectivity index is 2.17. The van der Waals surface area contributed by atoms with Gasteiger partial charge in [0.05, 0.1) is 10.9 Å². The number of carbonyl (C=O) groups is 3. The third-order valence-electron chi connectivity index (χ3n) is 2.91. The lowest BCUT2D eigenvalue weighted by Gasteiger charge is -2.15. The number of thioether (sulfide) groups is 1. The molecule has 2 atom stereocenters. The van der Waals surface area contributed by atoms with Crippen LogP contribution in [0, 0.1) is 5.82 Å². The molecule has 7 heteroatoms. The Morgan fingerprint density at radius 2 is 2.00 bits per heavy atom. The van der Waals surface area contributed by atoms with Crippen molar-refractivity contribution < 1.29 is 23.9 Å². The number of carbonyl (C=O) groups excluding carboxylic acids is 2. The number of hydrogen-bond acceptors (Lipinski definition) is 4. The molecule has 20 heavy (non-hydrogen) atoms. The second-order valence-corrected chi connectivity index (χ2v) is 5.90. The summed E-state index contributed by atoms with van der Waals surface area (Å²) in [4.78, 5) is 35.8. The molecule has 0 radical (unpaired) electrons. The number of hydrogen-bond donors (Lipinski definition) is 1. The summed E-state index contributed by atoms with van der Waals surface area (Å²) in [7, 11) is 0. The number of aliphatic carboxylic acids is 1. The minimum Gasteiger partial charge on any atom is -0.480 e. The smallest absolute Gasteiger partial charge is 0.316 e. The molecular formula is C13H12FNO4S. The van der Waals surface area contributed by atoms with Gasteiger partial charge in [0.1, 0.15) is 11.1 Å². The number of nitrogens with zero attached hydrogens (tertiary/aromatic N) is 1. The van der Waals surface area contributed by atoms with Crippen molar-refractivity contribution in [3.63, 3.8) is 0 Å². The number of halogens is 1. The first-order valence-corrected chi connectivity index (χ1v) is 6.85. The fraction of sp³-hybridized carbons (Fsp3) is 0.308. The molecule has 0 spiro atoms. The predicted octanol–water partition coefficient (Wildman–Crippen LogP) is 1.66. The molecule has 1 heterocycles. The molecule has 2 amide bonds. The third kappa shape index (κ3) is 2.82. The Labute approximate surface area is 118 Å². The van der Waals surface area contributed by atoms with Gasteiger partial charge in [-0.25, -0.2) is 9.29 Å². The van der Waals surface area contributed by atoms with Crippen LogP contribution in [0.4, 0.5) is 10.1 Å². The first-order chi connectivity index (χ1) is 9.40. The van der Waals surface area contributed by atoms with Crippen LogP contribution in [0.2, 0.25) is 0 Å². The summed E-state index contributed by atoms with van der Waals surface area (Å²) in [5, 5.41) is 7.35. The molecule has 1 N–H and O–H groups in total. The molecule has 1 aliphatic rings. The Bertz CT molecular complexity index is 560. The average Bonchev–Trinajstić information content (AvgIpc) is 2.66. The van der Waals surface area contributed by atoms with Crippen LogP contribution in [-0.4, -0.2) is 33.4 Å². The lowest BCUT2D eigenvalue weighted by Crippen LogP contribution is -2.31. The van der Waals surface area contributed by atoms with E-state index < -0.39 is 34.1 Å². The summed E-state index contributed by atoms with van der Waals surface area (Å²) in [6.45, 7) is 1.46. The van der Waals surface area contributed by atoms with Gasteiger partial charge in [-0.3, -0.25) is 14.4 Å². The Morgan fingerprint density at radius 1 is 1.40 bits per heavy atom. The zero-order chi connectivity index (χ0) is 14.9. The lowest BCUT2D eigenvalue weighted by molar-refractivity contribution is -0.136. The van der Waals surface area contributed by atoms with Gasteiger partial charge in [-0.1, -0.05) is 0 Å². The minimum atomic E-state index is -1.03. The Morgan fingerprint density at radius 3 is 2.55 bits per heavy atom. The number of imide groups is 1. The molecular weight excluding hydrogens is 285 g/mol. The summed E-state index contributed by atoms with van der Waals surface area (Å²) >= 11 is 0.943. The van der Waals surface area contributed by atoms with Gasteiger partial charge in [0.2, 0.25) is 11.8 Å². The van der Waals surface area contributed by atoms with Gasteiger partial charge in [-0.05, 0) is 31.2 Å². The lowest BCUT2D eigenvalue weighted by atomic mass is 10.3. The van der Waals surface area contributed by atoms with Gasteiger partial charge >= 0.3 is 5.97 Å². The summed E-state index contributed by atoms with van der Waals surface area (Å²) in [6.07, 6.45) is -0.0432. The highest BCUT2D eigenvalue weighted by molar-refractivity contribution is 8.01. The quantitative estimate of drug-likeness (QED) is 0.856. The zero-order valence-electron chi connectivity index (χ0n) is 10.6. The molecule has 0 saturated carbocycles. The number of rotatable bonds is 4. The van der Waals surface area contributed by atoms with Crippen LogP contribution in [0.25, 0.3) is 0 Å². The second kappa shape index (κ2) is 5.62. The normalized spacial score (nSPS) is 20.3. The molecule has 0 bridgehead atoms. The third-order valence-corrected chi connectivity index (χ3v) is 4.21. The van der Waals surface area contributed by atoms with E-state index in [4.69, 9.17) is 5.11 Å². The van der Waals surface area contributed by atoms with Gasteiger partial charge in [0.25, 0.3) is 0 Å². The van der Waals surface area contributed by atoms with Gasteiger partial charge in [-0.2, -0.15) is 0 Å². The Hall–Kier alpha value is -1.89. The highest BCUT2D eigenvalue weighted by Crippen LogP contribution is 2.31. The van der Waals surface area contributed by atoms with Crippen molar-refractivity contribution in [3.05, 3.63) is 30.1 Å². The molecule has 1 saturated heterocycles. The van der Waals surface area contributed by atoms with E-state index in [-0.39, 0.29) is 6.42 Å². The maximum Gasteiger partial charge on any atom is 0.316 e. The fourth-order valence-electron chi connectivity index (χ4n) is 1.88. The molecule has 2 rings (SSSR count). The van der Waals surface area contributed by atoms with E-state index in [1.807, 2.05) is 0 Å². The molecule has 0 aliphatic carbocycles. The molecule has 2 unspecified atom stereocenters. The van der Waals surface area contributed by atoms with Gasteiger partial charge in [0.15, 0.2) is 0 Å². The van der Waals surface area contributed by atoms with Gasteiger partial charge < -0.3 is 5.11 Å². The number of amides is 2. The highest BCUT2D eigenvalue weighted by atomic mass is 32.2. The van der Waals surface area contributed by atoms with E-state index >= 15 is 0 Å². The number of benzene rings is 1. The van der Waals surface area contributed by atoms with Crippen LogP contribution in [-0.2, 0) is 14.4 Å². The number of anilines is 1. The number of carboxylic acid groups (broad SMARTS) is 1. The maximum atomic E-state index is 12.8. The maximum absolute atomic E-state index is 12.8. The summed E-state index contributed by atoms with van der Waals surface area (Å²) < 4.78 is 12.8. The number of carboxylic acids is 1. The van der Waals surface area contributed by atoms with Crippen molar-refractivity contribution in [2.24, 2.45) is 0 Å². The van der Waals surface area contributed by atoms with E-state index in [0.717, 1.165) is 28.8 Å². The zero-order valence-corrected chi connectivity index (χ0v) is 11.4. The van der Waals surface area contributed by atoms with Crippen molar-refractivity contribution in [3.8, 4) is 0 Å². The predicted molar refractivity (Wildman–Crippen MR) is 72.0 cm³/mol. The largest absolute Gasteiger partial charge is 0.480 e. The first-order valence-electron chi connectivity index (χ1n) is 5.91. The van der Waals surface area contributed by atoms with Crippen LogP contribution in [0.5, 0.6) is 0 Å². The van der Waals surface area contributed by atoms with Crippen molar-refractivity contribution in [2.75, 3.05) is 4.90 Å². The second-order valence-electron chi connectivity index (χ2n) is 4.35. The van der Waals surface area contributed by atoms with Crippen molar-refractivity contribution in [2.45, 2.75) is 23.8 Å². The molecule has 1 aliphatic heterocycles. The van der Waals surface area contributed by atoms with E-state index in [1.54, 1.807) is 0 Å². The summed E-state index contributed by atoms with van der Waals surface area (Å²) in [5.41, 5.74) is 0.299. The van der Waals surface area contributed by atoms with Crippen molar-refractivity contribution >= 4 is 35.2 Å². The molecule has 1 aromatic carbocycles. The van der Waals surface area contributed by atoms with Gasteiger partial charge in [0, 0.05) is 6.42 Å². The van der Waals surface area contributed by atoms with Crippen LogP contribution in [0.15, 0.2) is 24.3 Å². The van der Waals surface area contributed by atoms with E-state index in [0.29, 0.717) is 5.69 Å². The van der Waals surface area contributed by atoms with Crippen molar-refractivity contribution in [1.29, 1.82) is 0 Å². The standard InChI is InChI=1S/C13H12FNO4S/c1-7(13(18)19)20-10-6-11(16)15(12(10)17)9-4-2-8(14)3-5-9/h2-5,7,10H,6H2,1H3,(H,18,19). The average molecular weight is 297 g/mol. The molecule has 106 valence electrons. The summed E-state index contributed by atoms with van der Waals surface area (Å²) in [6, 6.07) is 5.02. The van der Waals surface area contributed by atoms with Gasteiger partial charge in [-0.15, -0.1) is 11.8 Å². The molecule has 1 fully saturated rings. The molecule has 0 aromatic heterocycles.